The molecular formula is C22H26ClN5O6S. The number of hydrazone groups is 1. The van der Waals surface area contributed by atoms with Crippen LogP contribution in [0.2, 0.25) is 5.02 Å². The van der Waals surface area contributed by atoms with Gasteiger partial charge in [-0.3, -0.25) is 19.2 Å². The number of benzene rings is 2. The summed E-state index contributed by atoms with van der Waals surface area (Å²) < 4.78 is 33.4. The van der Waals surface area contributed by atoms with Gasteiger partial charge in [0.05, 0.1) is 22.6 Å². The van der Waals surface area contributed by atoms with E-state index in [0.717, 1.165) is 29.2 Å². The smallest absolute Gasteiger partial charge is 0.273 e. The molecule has 0 spiro atoms. The quantitative estimate of drug-likeness (QED) is 0.415. The summed E-state index contributed by atoms with van der Waals surface area (Å²) in [6, 6.07) is 7.87. The van der Waals surface area contributed by atoms with Crippen molar-refractivity contribution < 1.29 is 22.9 Å². The van der Waals surface area contributed by atoms with Crippen molar-refractivity contribution in [2.45, 2.75) is 24.7 Å². The van der Waals surface area contributed by atoms with Gasteiger partial charge in [-0.2, -0.15) is 5.10 Å². The third kappa shape index (κ3) is 6.27. The van der Waals surface area contributed by atoms with E-state index in [1.54, 1.807) is 0 Å². The summed E-state index contributed by atoms with van der Waals surface area (Å²) in [7, 11) is -1.11. The molecule has 1 saturated heterocycles. The number of hydrogen-bond donors (Lipinski definition) is 1. The molecule has 0 saturated carbocycles. The highest BCUT2D eigenvalue weighted by Crippen LogP contribution is 2.35. The molecule has 0 aliphatic carbocycles. The number of nitrogens with zero attached hydrogens (tertiary/aromatic N) is 4. The second-order valence-corrected chi connectivity index (χ2v) is 10.3. The van der Waals surface area contributed by atoms with Gasteiger partial charge < -0.3 is 9.64 Å². The van der Waals surface area contributed by atoms with Crippen LogP contribution >= 0.6 is 11.6 Å². The number of likely N-dealkylation sites (tertiary alicyclic amines) is 1. The molecule has 0 atom stereocenters. The fourth-order valence-corrected chi connectivity index (χ4v) is 5.14. The number of carbonyl (C=O) groups is 1. The van der Waals surface area contributed by atoms with Crippen LogP contribution in [0.4, 0.5) is 11.4 Å². The molecule has 2 aromatic carbocycles. The van der Waals surface area contributed by atoms with Crippen LogP contribution in [-0.4, -0.2) is 63.7 Å². The minimum atomic E-state index is -4.45. The average Bonchev–Trinajstić information content (AvgIpc) is 2.82. The number of anilines is 1. The highest BCUT2D eigenvalue weighted by atomic mass is 35.5. The van der Waals surface area contributed by atoms with Gasteiger partial charge >= 0.3 is 0 Å². The molecular weight excluding hydrogens is 498 g/mol. The lowest BCUT2D eigenvalue weighted by molar-refractivity contribution is -0.385. The van der Waals surface area contributed by atoms with Crippen LogP contribution < -0.4 is 14.5 Å². The molecule has 1 aliphatic heterocycles. The van der Waals surface area contributed by atoms with Crippen LogP contribution in [0.3, 0.4) is 0 Å². The van der Waals surface area contributed by atoms with Gasteiger partial charge in [0.15, 0.2) is 0 Å². The predicted molar refractivity (Wildman–Crippen MR) is 133 cm³/mol. The zero-order valence-electron chi connectivity index (χ0n) is 19.5. The highest BCUT2D eigenvalue weighted by Gasteiger charge is 2.31. The molecule has 13 heteroatoms. The van der Waals surface area contributed by atoms with Crippen molar-refractivity contribution in [3.8, 4) is 5.75 Å². The van der Waals surface area contributed by atoms with Crippen molar-refractivity contribution in [3.05, 3.63) is 57.1 Å². The van der Waals surface area contributed by atoms with E-state index in [4.69, 9.17) is 16.3 Å². The molecule has 188 valence electrons. The van der Waals surface area contributed by atoms with Crippen molar-refractivity contribution >= 4 is 44.6 Å². The van der Waals surface area contributed by atoms with Gasteiger partial charge in [-0.1, -0.05) is 17.7 Å². The predicted octanol–water partition coefficient (Wildman–Crippen LogP) is 2.96. The maximum absolute atomic E-state index is 13.7. The van der Waals surface area contributed by atoms with Crippen LogP contribution in [0.1, 0.15) is 18.4 Å². The Morgan fingerprint density at radius 3 is 2.57 bits per heavy atom. The van der Waals surface area contributed by atoms with E-state index in [1.165, 1.54) is 44.4 Å². The molecule has 2 aromatic rings. The minimum Gasteiger partial charge on any atom is -0.495 e. The van der Waals surface area contributed by atoms with Crippen LogP contribution in [-0.2, 0) is 14.8 Å². The number of nitrogens with one attached hydrogen (secondary N) is 1. The van der Waals surface area contributed by atoms with E-state index < -0.39 is 27.4 Å². The highest BCUT2D eigenvalue weighted by molar-refractivity contribution is 7.92. The van der Waals surface area contributed by atoms with E-state index in [0.29, 0.717) is 18.4 Å². The zero-order valence-corrected chi connectivity index (χ0v) is 21.1. The molecule has 0 unspecified atom stereocenters. The third-order valence-electron chi connectivity index (χ3n) is 5.57. The fourth-order valence-electron chi connectivity index (χ4n) is 3.53. The SMILES string of the molecule is COc1ccc(Cl)cc1N(CC(=O)NN=C1CCN(C)CC1)S(=O)(=O)c1ccc(C)c([N+](=O)[O-])c1. The van der Waals surface area contributed by atoms with Crippen molar-refractivity contribution in [2.24, 2.45) is 5.10 Å². The van der Waals surface area contributed by atoms with Crippen LogP contribution in [0.25, 0.3) is 0 Å². The normalized spacial score (nSPS) is 14.3. The molecule has 3 rings (SSSR count). The summed E-state index contributed by atoms with van der Waals surface area (Å²) in [6.07, 6.45) is 1.38. The molecule has 0 aromatic heterocycles. The topological polar surface area (TPSA) is 134 Å². The minimum absolute atomic E-state index is 0.00493. The Kier molecular flexibility index (Phi) is 8.30. The Labute approximate surface area is 208 Å². The van der Waals surface area contributed by atoms with Gasteiger partial charge in [0, 0.05) is 48.3 Å². The number of methoxy groups -OCH3 is 1. The van der Waals surface area contributed by atoms with Crippen molar-refractivity contribution in [1.82, 2.24) is 10.3 Å². The molecule has 11 nitrogen and oxygen atoms in total. The van der Waals surface area contributed by atoms with Gasteiger partial charge in [0.1, 0.15) is 12.3 Å². The summed E-state index contributed by atoms with van der Waals surface area (Å²) in [6.45, 7) is 2.46. The summed E-state index contributed by atoms with van der Waals surface area (Å²) in [5, 5.41) is 15.8. The second-order valence-electron chi connectivity index (χ2n) is 8.05. The number of piperidine rings is 1. The number of halogens is 1. The standard InChI is InChI=1S/C22H26ClN5O6S/c1-15-4-6-18(13-19(15)28(30)31)35(32,33)27(20-12-16(23)5-7-21(20)34-3)14-22(29)25-24-17-8-10-26(2)11-9-17/h4-7,12-13H,8-11,14H2,1-3H3,(H,25,29). The lowest BCUT2D eigenvalue weighted by Gasteiger charge is -2.26. The van der Waals surface area contributed by atoms with Gasteiger partial charge in [-0.15, -0.1) is 0 Å². The Balaban J connectivity index is 2.00. The molecule has 0 bridgehead atoms. The number of amides is 1. The number of nitro benzene ring substituents is 1. The van der Waals surface area contributed by atoms with Gasteiger partial charge in [0.2, 0.25) is 0 Å². The number of aryl methyl sites for hydroxylation is 1. The number of hydrogen-bond acceptors (Lipinski definition) is 8. The second kappa shape index (κ2) is 11.0. The van der Waals surface area contributed by atoms with E-state index in [1.807, 2.05) is 7.05 Å². The summed E-state index contributed by atoms with van der Waals surface area (Å²) >= 11 is 6.12. The van der Waals surface area contributed by atoms with Crippen LogP contribution in [0.5, 0.6) is 5.75 Å². The molecule has 1 N–H and O–H groups in total. The lowest BCUT2D eigenvalue weighted by Crippen LogP contribution is -2.40. The Morgan fingerprint density at radius 2 is 1.94 bits per heavy atom. The first-order chi connectivity index (χ1) is 16.5. The molecule has 0 radical (unpaired) electrons. The Morgan fingerprint density at radius 1 is 1.26 bits per heavy atom. The largest absolute Gasteiger partial charge is 0.495 e. The summed E-state index contributed by atoms with van der Waals surface area (Å²) in [5.74, 6) is -0.544. The number of rotatable bonds is 8. The van der Waals surface area contributed by atoms with E-state index in [2.05, 4.69) is 15.4 Å². The van der Waals surface area contributed by atoms with E-state index >= 15 is 0 Å². The molecule has 1 aliphatic rings. The fraction of sp³-hybridized carbons (Fsp3) is 0.364. The Hall–Kier alpha value is -3.22. The molecule has 35 heavy (non-hydrogen) atoms. The number of carbonyl (C=O) groups excluding carboxylic acids is 1. The molecule has 1 fully saturated rings. The van der Waals surface area contributed by atoms with Gasteiger partial charge in [-0.25, -0.2) is 13.8 Å². The first-order valence-corrected chi connectivity index (χ1v) is 12.5. The van der Waals surface area contributed by atoms with Gasteiger partial charge in [0.25, 0.3) is 21.6 Å². The number of ether oxygens (including phenoxy) is 1. The monoisotopic (exact) mass is 523 g/mol. The van der Waals surface area contributed by atoms with Crippen molar-refractivity contribution in [1.29, 1.82) is 0 Å². The first-order valence-electron chi connectivity index (χ1n) is 10.7. The zero-order chi connectivity index (χ0) is 25.8. The maximum atomic E-state index is 13.7. The average molecular weight is 524 g/mol. The molecule has 1 amide bonds. The van der Waals surface area contributed by atoms with Crippen LogP contribution in [0.15, 0.2) is 46.4 Å². The number of nitro groups is 1. The first kappa shape index (κ1) is 26.4. The number of sulfonamides is 1. The molecule has 1 heterocycles. The van der Waals surface area contributed by atoms with E-state index in [9.17, 15) is 23.3 Å². The Bertz CT molecular complexity index is 1260. The van der Waals surface area contributed by atoms with Crippen molar-refractivity contribution in [2.75, 3.05) is 38.1 Å². The van der Waals surface area contributed by atoms with Crippen molar-refractivity contribution in [3.63, 3.8) is 0 Å². The summed E-state index contributed by atoms with van der Waals surface area (Å²) in [4.78, 5) is 25.3. The van der Waals surface area contributed by atoms with Gasteiger partial charge in [-0.05, 0) is 38.2 Å². The lowest BCUT2D eigenvalue weighted by atomic mass is 10.1. The maximum Gasteiger partial charge on any atom is 0.273 e. The van der Waals surface area contributed by atoms with E-state index in [-0.39, 0.29) is 27.0 Å². The summed E-state index contributed by atoms with van der Waals surface area (Å²) in [5.41, 5.74) is 3.17. The third-order valence-corrected chi connectivity index (χ3v) is 7.56. The van der Waals surface area contributed by atoms with Crippen LogP contribution in [0, 0.1) is 17.0 Å².